The van der Waals surface area contributed by atoms with Gasteiger partial charge in [-0.1, -0.05) is 15.9 Å². The number of benzene rings is 1. The molecule has 0 saturated carbocycles. The number of halogens is 1. The molecule has 1 saturated heterocycles. The Kier molecular flexibility index (Phi) is 4.64. The molecule has 1 aromatic carbocycles. The number of ether oxygens (including phenoxy) is 1. The van der Waals surface area contributed by atoms with Gasteiger partial charge in [0.1, 0.15) is 5.75 Å². The van der Waals surface area contributed by atoms with Gasteiger partial charge in [-0.25, -0.2) is 0 Å². The molecule has 1 unspecified atom stereocenters. The van der Waals surface area contributed by atoms with E-state index >= 15 is 0 Å². The molecule has 3 nitrogen and oxygen atoms in total. The van der Waals surface area contributed by atoms with Gasteiger partial charge in [0.05, 0.1) is 6.61 Å². The maximum atomic E-state index is 5.84. The predicted molar refractivity (Wildman–Crippen MR) is 85.1 cm³/mol. The molecule has 2 aliphatic rings. The van der Waals surface area contributed by atoms with Crippen LogP contribution in [0.3, 0.4) is 0 Å². The Morgan fingerprint density at radius 3 is 3.15 bits per heavy atom. The molecule has 1 aromatic rings. The van der Waals surface area contributed by atoms with Crippen molar-refractivity contribution in [3.8, 4) is 5.75 Å². The molecular formula is C16H23BrN2O. The Hall–Kier alpha value is -0.580. The van der Waals surface area contributed by atoms with E-state index in [1.165, 1.54) is 41.4 Å². The van der Waals surface area contributed by atoms with E-state index in [0.29, 0.717) is 6.04 Å². The van der Waals surface area contributed by atoms with E-state index in [9.17, 15) is 0 Å². The summed E-state index contributed by atoms with van der Waals surface area (Å²) in [5, 5.41) is 0. The normalized spacial score (nSPS) is 22.0. The molecule has 20 heavy (non-hydrogen) atoms. The third-order valence-corrected chi connectivity index (χ3v) is 4.90. The monoisotopic (exact) mass is 338 g/mol. The van der Waals surface area contributed by atoms with E-state index in [2.05, 4.69) is 33.0 Å². The molecule has 0 bridgehead atoms. The fourth-order valence-electron chi connectivity index (χ4n) is 3.47. The summed E-state index contributed by atoms with van der Waals surface area (Å²) >= 11 is 3.63. The van der Waals surface area contributed by atoms with Crippen LogP contribution < -0.4 is 10.5 Å². The van der Waals surface area contributed by atoms with Gasteiger partial charge in [-0.05, 0) is 56.5 Å². The molecule has 110 valence electrons. The second kappa shape index (κ2) is 6.46. The zero-order chi connectivity index (χ0) is 13.9. The number of hydrogen-bond donors (Lipinski definition) is 1. The summed E-state index contributed by atoms with van der Waals surface area (Å²) in [6, 6.07) is 5.12. The second-order valence-electron chi connectivity index (χ2n) is 5.85. The summed E-state index contributed by atoms with van der Waals surface area (Å²) in [6.45, 7) is 3.85. The number of nitrogens with two attached hydrogens (primary N) is 1. The minimum Gasteiger partial charge on any atom is -0.493 e. The molecule has 0 amide bonds. The molecule has 0 aliphatic carbocycles. The van der Waals surface area contributed by atoms with Crippen LogP contribution in [0, 0.1) is 0 Å². The van der Waals surface area contributed by atoms with E-state index in [4.69, 9.17) is 10.5 Å². The molecule has 2 heterocycles. The highest BCUT2D eigenvalue weighted by Crippen LogP contribution is 2.35. The standard InChI is InChI=1S/C16H23BrN2O/c17-14-9-12-5-8-20-16(12)13(10-14)11-19-7-2-4-15(19)3-1-6-18/h9-10,15H,1-8,11,18H2. The van der Waals surface area contributed by atoms with Crippen molar-refractivity contribution >= 4 is 15.9 Å². The van der Waals surface area contributed by atoms with Crippen molar-refractivity contribution in [2.75, 3.05) is 19.7 Å². The number of nitrogens with zero attached hydrogens (tertiary/aromatic N) is 1. The highest BCUT2D eigenvalue weighted by molar-refractivity contribution is 9.10. The molecule has 3 rings (SSSR count). The number of hydrogen-bond acceptors (Lipinski definition) is 3. The van der Waals surface area contributed by atoms with Crippen molar-refractivity contribution in [1.82, 2.24) is 4.90 Å². The van der Waals surface area contributed by atoms with Gasteiger partial charge in [0.15, 0.2) is 0 Å². The van der Waals surface area contributed by atoms with Crippen LogP contribution >= 0.6 is 15.9 Å². The lowest BCUT2D eigenvalue weighted by Crippen LogP contribution is -2.29. The van der Waals surface area contributed by atoms with Crippen molar-refractivity contribution in [1.29, 1.82) is 0 Å². The first-order chi connectivity index (χ1) is 9.78. The number of rotatable bonds is 5. The summed E-state index contributed by atoms with van der Waals surface area (Å²) in [4.78, 5) is 2.61. The van der Waals surface area contributed by atoms with Gasteiger partial charge in [0.25, 0.3) is 0 Å². The zero-order valence-corrected chi connectivity index (χ0v) is 13.5. The summed E-state index contributed by atoms with van der Waals surface area (Å²) in [7, 11) is 0. The Bertz CT molecular complexity index is 478. The lowest BCUT2D eigenvalue weighted by atomic mass is 10.1. The van der Waals surface area contributed by atoms with Crippen LogP contribution in [0.15, 0.2) is 16.6 Å². The van der Waals surface area contributed by atoms with Crippen molar-refractivity contribution in [3.63, 3.8) is 0 Å². The van der Waals surface area contributed by atoms with Crippen LogP contribution in [0.4, 0.5) is 0 Å². The summed E-state index contributed by atoms with van der Waals surface area (Å²) in [5.41, 5.74) is 8.35. The van der Waals surface area contributed by atoms with Gasteiger partial charge < -0.3 is 10.5 Å². The van der Waals surface area contributed by atoms with E-state index in [1.54, 1.807) is 0 Å². The van der Waals surface area contributed by atoms with Gasteiger partial charge in [0.2, 0.25) is 0 Å². The second-order valence-corrected chi connectivity index (χ2v) is 6.76. The highest BCUT2D eigenvalue weighted by Gasteiger charge is 2.26. The van der Waals surface area contributed by atoms with Crippen LogP contribution in [-0.2, 0) is 13.0 Å². The van der Waals surface area contributed by atoms with E-state index in [-0.39, 0.29) is 0 Å². The van der Waals surface area contributed by atoms with Gasteiger partial charge >= 0.3 is 0 Å². The van der Waals surface area contributed by atoms with Crippen molar-refractivity contribution in [2.45, 2.75) is 44.7 Å². The summed E-state index contributed by atoms with van der Waals surface area (Å²) in [6.07, 6.45) is 6.03. The van der Waals surface area contributed by atoms with Crippen LogP contribution in [0.1, 0.15) is 36.8 Å². The third kappa shape index (κ3) is 3.02. The van der Waals surface area contributed by atoms with Crippen molar-refractivity contribution < 1.29 is 4.74 Å². The maximum Gasteiger partial charge on any atom is 0.127 e. The topological polar surface area (TPSA) is 38.5 Å². The van der Waals surface area contributed by atoms with Gasteiger partial charge in [-0.15, -0.1) is 0 Å². The largest absolute Gasteiger partial charge is 0.493 e. The number of fused-ring (bicyclic) bond motifs is 1. The number of likely N-dealkylation sites (tertiary alicyclic amines) is 1. The first kappa shape index (κ1) is 14.4. The lowest BCUT2D eigenvalue weighted by molar-refractivity contribution is 0.228. The van der Waals surface area contributed by atoms with E-state index in [0.717, 1.165) is 38.3 Å². The van der Waals surface area contributed by atoms with Crippen LogP contribution in [0.5, 0.6) is 5.75 Å². The van der Waals surface area contributed by atoms with Crippen molar-refractivity contribution in [2.24, 2.45) is 5.73 Å². The lowest BCUT2D eigenvalue weighted by Gasteiger charge is -2.25. The molecule has 2 aliphatic heterocycles. The van der Waals surface area contributed by atoms with Crippen LogP contribution in [0.2, 0.25) is 0 Å². The summed E-state index contributed by atoms with van der Waals surface area (Å²) < 4.78 is 7.02. The summed E-state index contributed by atoms with van der Waals surface area (Å²) in [5.74, 6) is 1.14. The Labute approximate surface area is 129 Å². The van der Waals surface area contributed by atoms with Gasteiger partial charge in [-0.3, -0.25) is 4.90 Å². The molecule has 1 fully saturated rings. The van der Waals surface area contributed by atoms with E-state index < -0.39 is 0 Å². The quantitative estimate of drug-likeness (QED) is 0.896. The minimum atomic E-state index is 0.703. The predicted octanol–water partition coefficient (Wildman–Crippen LogP) is 3.09. The van der Waals surface area contributed by atoms with Gasteiger partial charge in [-0.2, -0.15) is 0 Å². The van der Waals surface area contributed by atoms with Crippen molar-refractivity contribution in [3.05, 3.63) is 27.7 Å². The Balaban J connectivity index is 1.74. The van der Waals surface area contributed by atoms with Crippen LogP contribution in [0.25, 0.3) is 0 Å². The average molecular weight is 339 g/mol. The third-order valence-electron chi connectivity index (χ3n) is 4.44. The molecule has 2 N–H and O–H groups in total. The fraction of sp³-hybridized carbons (Fsp3) is 0.625. The first-order valence-electron chi connectivity index (χ1n) is 7.66. The molecule has 0 spiro atoms. The first-order valence-corrected chi connectivity index (χ1v) is 8.45. The molecular weight excluding hydrogens is 316 g/mol. The minimum absolute atomic E-state index is 0.703. The SMILES string of the molecule is NCCCC1CCCN1Cc1cc(Br)cc2c1OCC2. The molecule has 0 aromatic heterocycles. The van der Waals surface area contributed by atoms with Crippen LogP contribution in [-0.4, -0.2) is 30.6 Å². The Morgan fingerprint density at radius 2 is 2.30 bits per heavy atom. The average Bonchev–Trinajstić information content (AvgIpc) is 3.05. The highest BCUT2D eigenvalue weighted by atomic mass is 79.9. The molecule has 0 radical (unpaired) electrons. The molecule has 1 atom stereocenters. The maximum absolute atomic E-state index is 5.84. The smallest absolute Gasteiger partial charge is 0.127 e. The zero-order valence-electron chi connectivity index (χ0n) is 11.9. The Morgan fingerprint density at radius 1 is 1.40 bits per heavy atom. The van der Waals surface area contributed by atoms with Gasteiger partial charge in [0, 0.05) is 29.0 Å². The fourth-order valence-corrected chi connectivity index (χ4v) is 4.02. The van der Waals surface area contributed by atoms with E-state index in [1.807, 2.05) is 0 Å². The molecule has 4 heteroatoms.